The Bertz CT molecular complexity index is 1310. The van der Waals surface area contributed by atoms with E-state index in [-0.39, 0.29) is 5.91 Å². The first kappa shape index (κ1) is 18.7. The molecule has 0 saturated carbocycles. The molecule has 1 aromatic carbocycles. The van der Waals surface area contributed by atoms with Gasteiger partial charge < -0.3 is 15.5 Å². The van der Waals surface area contributed by atoms with Gasteiger partial charge in [0.05, 0.1) is 30.0 Å². The Morgan fingerprint density at radius 1 is 0.969 bits per heavy atom. The second-order valence-electron chi connectivity index (χ2n) is 7.99. The van der Waals surface area contributed by atoms with Gasteiger partial charge in [-0.1, -0.05) is 6.07 Å². The van der Waals surface area contributed by atoms with Gasteiger partial charge in [-0.2, -0.15) is 5.10 Å². The maximum Gasteiger partial charge on any atom is 0.251 e. The Balaban J connectivity index is 1.29. The van der Waals surface area contributed by atoms with E-state index in [4.69, 9.17) is 0 Å². The van der Waals surface area contributed by atoms with Crippen molar-refractivity contribution < 1.29 is 4.79 Å². The first-order valence-electron chi connectivity index (χ1n) is 10.7. The zero-order valence-corrected chi connectivity index (χ0v) is 17.3. The van der Waals surface area contributed by atoms with Gasteiger partial charge in [0.25, 0.3) is 5.91 Å². The lowest BCUT2D eigenvalue weighted by atomic mass is 10.0. The van der Waals surface area contributed by atoms with Crippen LogP contribution in [0.2, 0.25) is 0 Å². The van der Waals surface area contributed by atoms with E-state index in [0.717, 1.165) is 41.5 Å². The largest absolute Gasteiger partial charge is 0.348 e. The fourth-order valence-corrected chi connectivity index (χ4v) is 4.27. The fraction of sp³-hybridized carbons (Fsp3) is 0.273. The highest BCUT2D eigenvalue weighted by molar-refractivity contribution is 5.98. The molecule has 1 fully saturated rings. The Labute approximate surface area is 183 Å². The summed E-state index contributed by atoms with van der Waals surface area (Å²) < 4.78 is 1.74. The normalized spacial score (nSPS) is 15.6. The Hall–Kier alpha value is -4.08. The molecule has 0 spiro atoms. The number of nitrogens with one attached hydrogen (secondary N) is 2. The third-order valence-corrected chi connectivity index (χ3v) is 5.93. The van der Waals surface area contributed by atoms with Gasteiger partial charge in [0.15, 0.2) is 11.5 Å². The molecule has 2 aliphatic heterocycles. The lowest BCUT2D eigenvalue weighted by Gasteiger charge is -2.26. The minimum absolute atomic E-state index is 0.0383. The summed E-state index contributed by atoms with van der Waals surface area (Å²) >= 11 is 0. The molecule has 32 heavy (non-hydrogen) atoms. The first-order chi connectivity index (χ1) is 15.8. The minimum Gasteiger partial charge on any atom is -0.348 e. The highest BCUT2D eigenvalue weighted by Gasteiger charge is 2.20. The van der Waals surface area contributed by atoms with E-state index >= 15 is 0 Å². The molecule has 10 heteroatoms. The van der Waals surface area contributed by atoms with Gasteiger partial charge >= 0.3 is 0 Å². The number of amides is 1. The molecule has 0 radical (unpaired) electrons. The monoisotopic (exact) mass is 427 g/mol. The molecule has 0 aliphatic carbocycles. The molecule has 4 aromatic rings. The van der Waals surface area contributed by atoms with Crippen LogP contribution in [0.4, 0.5) is 17.5 Å². The van der Waals surface area contributed by atoms with Gasteiger partial charge in [0.2, 0.25) is 5.95 Å². The van der Waals surface area contributed by atoms with Crippen molar-refractivity contribution in [2.75, 3.05) is 23.3 Å². The van der Waals surface area contributed by atoms with E-state index in [9.17, 15) is 4.79 Å². The number of benzene rings is 1. The number of rotatable bonds is 4. The van der Waals surface area contributed by atoms with E-state index < -0.39 is 0 Å². The summed E-state index contributed by atoms with van der Waals surface area (Å²) in [5.41, 5.74) is 4.72. The van der Waals surface area contributed by atoms with Crippen LogP contribution in [0.1, 0.15) is 35.2 Å². The molecule has 10 nitrogen and oxygen atoms in total. The van der Waals surface area contributed by atoms with E-state index in [0.29, 0.717) is 23.6 Å². The van der Waals surface area contributed by atoms with E-state index in [1.807, 2.05) is 18.2 Å². The first-order valence-corrected chi connectivity index (χ1v) is 10.7. The molecule has 2 N–H and O–H groups in total. The fourth-order valence-electron chi connectivity index (χ4n) is 4.27. The molecule has 5 heterocycles. The van der Waals surface area contributed by atoms with Gasteiger partial charge in [-0.3, -0.25) is 4.79 Å². The number of nitrogens with zero attached hydrogens (tertiary/aromatic N) is 7. The van der Waals surface area contributed by atoms with Crippen LogP contribution < -0.4 is 15.5 Å². The van der Waals surface area contributed by atoms with E-state index in [1.165, 1.54) is 25.6 Å². The molecule has 0 atom stereocenters. The van der Waals surface area contributed by atoms with Crippen LogP contribution in [-0.4, -0.2) is 48.5 Å². The van der Waals surface area contributed by atoms with Crippen LogP contribution in [0.25, 0.3) is 16.9 Å². The van der Waals surface area contributed by atoms with Gasteiger partial charge in [-0.15, -0.1) is 0 Å². The number of hydrogen-bond acceptors (Lipinski definition) is 8. The topological polar surface area (TPSA) is 113 Å². The summed E-state index contributed by atoms with van der Waals surface area (Å²) in [6, 6.07) is 5.73. The summed E-state index contributed by atoms with van der Waals surface area (Å²) in [7, 11) is 0. The summed E-state index contributed by atoms with van der Waals surface area (Å²) in [5, 5.41) is 10.5. The predicted octanol–water partition coefficient (Wildman–Crippen LogP) is 2.56. The standard InChI is InChI=1S/C22H21N9O/c32-21-17-5-4-14(8-15(17)9-24-21)18-12-23-19(20-27-13-28-31(18)20)29-16-10-25-22(26-11-16)30-6-2-1-3-7-30/h4-5,8,10-13H,1-3,6-7,9H2,(H,23,29)(H,24,32). The number of carbonyl (C=O) groups is 1. The third kappa shape index (κ3) is 3.20. The second-order valence-corrected chi connectivity index (χ2v) is 7.99. The Morgan fingerprint density at radius 2 is 1.81 bits per heavy atom. The number of carbonyl (C=O) groups excluding carboxylic acids is 1. The average molecular weight is 427 g/mol. The van der Waals surface area contributed by atoms with Crippen molar-refractivity contribution in [3.63, 3.8) is 0 Å². The number of hydrogen-bond donors (Lipinski definition) is 2. The molecule has 1 amide bonds. The maximum atomic E-state index is 11.8. The van der Waals surface area contributed by atoms with Gasteiger partial charge in [0, 0.05) is 30.8 Å². The maximum absolute atomic E-state index is 11.8. The molecule has 0 bridgehead atoms. The molecule has 160 valence electrons. The SMILES string of the molecule is O=C1NCc2cc(-c3cnc(Nc4cnc(N5CCCCC5)nc4)c4ncnn34)ccc21. The van der Waals surface area contributed by atoms with Crippen molar-refractivity contribution in [2.45, 2.75) is 25.8 Å². The van der Waals surface area contributed by atoms with Crippen molar-refractivity contribution >= 4 is 29.0 Å². The zero-order chi connectivity index (χ0) is 21.5. The van der Waals surface area contributed by atoms with Gasteiger partial charge in [-0.25, -0.2) is 24.5 Å². The van der Waals surface area contributed by atoms with E-state index in [1.54, 1.807) is 23.1 Å². The lowest BCUT2D eigenvalue weighted by molar-refractivity contribution is 0.0966. The van der Waals surface area contributed by atoms with Crippen LogP contribution in [0.5, 0.6) is 0 Å². The second kappa shape index (κ2) is 7.56. The zero-order valence-electron chi connectivity index (χ0n) is 17.3. The van der Waals surface area contributed by atoms with Crippen LogP contribution in [0.15, 0.2) is 43.1 Å². The smallest absolute Gasteiger partial charge is 0.251 e. The molecule has 3 aromatic heterocycles. The van der Waals surface area contributed by atoms with Crippen molar-refractivity contribution in [3.05, 3.63) is 54.2 Å². The van der Waals surface area contributed by atoms with E-state index in [2.05, 4.69) is 40.6 Å². The Morgan fingerprint density at radius 3 is 2.66 bits per heavy atom. The molecule has 6 rings (SSSR count). The van der Waals surface area contributed by atoms with Crippen molar-refractivity contribution in [3.8, 4) is 11.3 Å². The third-order valence-electron chi connectivity index (χ3n) is 5.93. The van der Waals surface area contributed by atoms with Crippen LogP contribution in [-0.2, 0) is 6.54 Å². The summed E-state index contributed by atoms with van der Waals surface area (Å²) in [5.74, 6) is 1.29. The van der Waals surface area contributed by atoms with Gasteiger partial charge in [0.1, 0.15) is 6.33 Å². The predicted molar refractivity (Wildman–Crippen MR) is 119 cm³/mol. The Kier molecular flexibility index (Phi) is 4.41. The van der Waals surface area contributed by atoms with Crippen molar-refractivity contribution in [1.82, 2.24) is 34.9 Å². The van der Waals surface area contributed by atoms with Crippen LogP contribution in [0.3, 0.4) is 0 Å². The minimum atomic E-state index is -0.0383. The summed E-state index contributed by atoms with van der Waals surface area (Å²) in [6.07, 6.45) is 10.4. The van der Waals surface area contributed by atoms with Gasteiger partial charge in [-0.05, 0) is 37.0 Å². The van der Waals surface area contributed by atoms with Crippen molar-refractivity contribution in [1.29, 1.82) is 0 Å². The molecule has 0 unspecified atom stereocenters. The number of aromatic nitrogens is 6. The molecule has 2 aliphatic rings. The molecular formula is C22H21N9O. The quantitative estimate of drug-likeness (QED) is 0.511. The molecule has 1 saturated heterocycles. The number of fused-ring (bicyclic) bond motifs is 2. The van der Waals surface area contributed by atoms with Crippen LogP contribution in [0, 0.1) is 0 Å². The lowest BCUT2D eigenvalue weighted by Crippen LogP contribution is -2.30. The summed E-state index contributed by atoms with van der Waals surface area (Å²) in [6.45, 7) is 2.54. The van der Waals surface area contributed by atoms with Crippen molar-refractivity contribution in [2.24, 2.45) is 0 Å². The highest BCUT2D eigenvalue weighted by atomic mass is 16.1. The molecular weight excluding hydrogens is 406 g/mol. The summed E-state index contributed by atoms with van der Waals surface area (Å²) in [4.78, 5) is 32.1. The average Bonchev–Trinajstić information content (AvgIpc) is 3.48. The number of anilines is 3. The highest BCUT2D eigenvalue weighted by Crippen LogP contribution is 2.27. The number of piperidine rings is 1. The van der Waals surface area contributed by atoms with Crippen LogP contribution >= 0.6 is 0 Å².